The first-order valence-electron chi connectivity index (χ1n) is 6.35. The molecule has 2 rings (SSSR count). The molecule has 0 aliphatic carbocycles. The van der Waals surface area contributed by atoms with Gasteiger partial charge in [-0.25, -0.2) is 4.39 Å². The minimum absolute atomic E-state index is 0.133. The molecule has 106 valence electrons. The smallest absolute Gasteiger partial charge is 0.258 e. The van der Waals surface area contributed by atoms with E-state index >= 15 is 0 Å². The summed E-state index contributed by atoms with van der Waals surface area (Å²) in [4.78, 5) is 14.8. The highest BCUT2D eigenvalue weighted by Crippen LogP contribution is 2.12. The van der Waals surface area contributed by atoms with Gasteiger partial charge < -0.3 is 15.0 Å². The average Bonchev–Trinajstić information content (AvgIpc) is 2.72. The zero-order valence-electron chi connectivity index (χ0n) is 11.5. The molecule has 0 fully saturated rings. The maximum Gasteiger partial charge on any atom is 0.258 e. The van der Waals surface area contributed by atoms with Crippen molar-refractivity contribution in [2.45, 2.75) is 20.4 Å². The standard InChI is InChI=1S/C15H17FN2O2/c1-10-6-12(11(2)18-10)8-17-15(19)9-20-14-5-3-4-13(16)7-14/h3-7,18H,8-9H2,1-2H3,(H,17,19). The molecule has 0 unspecified atom stereocenters. The molecule has 0 radical (unpaired) electrons. The fraction of sp³-hybridized carbons (Fsp3) is 0.267. The first kappa shape index (κ1) is 14.1. The third-order valence-corrected chi connectivity index (χ3v) is 2.90. The van der Waals surface area contributed by atoms with Gasteiger partial charge in [0.05, 0.1) is 0 Å². The van der Waals surface area contributed by atoms with E-state index in [4.69, 9.17) is 4.74 Å². The summed E-state index contributed by atoms with van der Waals surface area (Å²) in [6.07, 6.45) is 0. The Balaban J connectivity index is 1.80. The van der Waals surface area contributed by atoms with Gasteiger partial charge in [0.15, 0.2) is 6.61 Å². The van der Waals surface area contributed by atoms with Crippen molar-refractivity contribution < 1.29 is 13.9 Å². The zero-order chi connectivity index (χ0) is 14.5. The van der Waals surface area contributed by atoms with Crippen LogP contribution in [0, 0.1) is 19.7 Å². The van der Waals surface area contributed by atoms with Crippen LogP contribution >= 0.6 is 0 Å². The number of hydrogen-bond acceptors (Lipinski definition) is 2. The van der Waals surface area contributed by atoms with Crippen molar-refractivity contribution in [1.29, 1.82) is 0 Å². The van der Waals surface area contributed by atoms with Gasteiger partial charge in [-0.05, 0) is 37.6 Å². The summed E-state index contributed by atoms with van der Waals surface area (Å²) in [6.45, 7) is 4.23. The van der Waals surface area contributed by atoms with Crippen molar-refractivity contribution in [1.82, 2.24) is 10.3 Å². The Labute approximate surface area is 117 Å². The Hall–Kier alpha value is -2.30. The molecule has 1 heterocycles. The van der Waals surface area contributed by atoms with E-state index < -0.39 is 0 Å². The van der Waals surface area contributed by atoms with Crippen LogP contribution in [0.2, 0.25) is 0 Å². The maximum atomic E-state index is 12.9. The second kappa shape index (κ2) is 6.23. The fourth-order valence-corrected chi connectivity index (χ4v) is 1.92. The number of hydrogen-bond donors (Lipinski definition) is 2. The summed E-state index contributed by atoms with van der Waals surface area (Å²) in [5.74, 6) is -0.289. The maximum absolute atomic E-state index is 12.9. The van der Waals surface area contributed by atoms with Gasteiger partial charge in [-0.3, -0.25) is 4.79 Å². The topological polar surface area (TPSA) is 54.1 Å². The van der Waals surface area contributed by atoms with Crippen LogP contribution in [-0.2, 0) is 11.3 Å². The zero-order valence-corrected chi connectivity index (χ0v) is 11.5. The van der Waals surface area contributed by atoms with Crippen molar-refractivity contribution in [3.8, 4) is 5.75 Å². The van der Waals surface area contributed by atoms with Crippen molar-refractivity contribution in [3.05, 3.63) is 53.1 Å². The van der Waals surface area contributed by atoms with Gasteiger partial charge in [0.25, 0.3) is 5.91 Å². The third kappa shape index (κ3) is 3.85. The number of aromatic nitrogens is 1. The molecule has 4 nitrogen and oxygen atoms in total. The molecular weight excluding hydrogens is 259 g/mol. The second-order valence-corrected chi connectivity index (χ2v) is 4.63. The van der Waals surface area contributed by atoms with Crippen LogP contribution in [0.1, 0.15) is 17.0 Å². The summed E-state index contributed by atoms with van der Waals surface area (Å²) in [5, 5.41) is 2.76. The third-order valence-electron chi connectivity index (χ3n) is 2.90. The Morgan fingerprint density at radius 3 is 2.80 bits per heavy atom. The lowest BCUT2D eigenvalue weighted by molar-refractivity contribution is -0.123. The molecule has 1 aromatic heterocycles. The summed E-state index contributed by atoms with van der Waals surface area (Å²) < 4.78 is 18.1. The van der Waals surface area contributed by atoms with Gasteiger partial charge in [0, 0.05) is 24.0 Å². The molecule has 0 aliphatic heterocycles. The number of halogens is 1. The normalized spacial score (nSPS) is 10.3. The van der Waals surface area contributed by atoms with Crippen LogP contribution < -0.4 is 10.1 Å². The van der Waals surface area contributed by atoms with Crippen molar-refractivity contribution in [2.24, 2.45) is 0 Å². The molecule has 1 amide bonds. The molecule has 1 aromatic carbocycles. The van der Waals surface area contributed by atoms with Crippen molar-refractivity contribution in [2.75, 3.05) is 6.61 Å². The molecule has 0 saturated heterocycles. The summed E-state index contributed by atoms with van der Waals surface area (Å²) in [6, 6.07) is 7.70. The van der Waals surface area contributed by atoms with Crippen LogP contribution in [0.4, 0.5) is 4.39 Å². The van der Waals surface area contributed by atoms with Crippen molar-refractivity contribution >= 4 is 5.91 Å². The SMILES string of the molecule is Cc1cc(CNC(=O)COc2cccc(F)c2)c(C)[nH]1. The number of amides is 1. The molecule has 0 spiro atoms. The van der Waals surface area contributed by atoms with E-state index in [2.05, 4.69) is 10.3 Å². The van der Waals surface area contributed by atoms with E-state index in [1.165, 1.54) is 18.2 Å². The Kier molecular flexibility index (Phi) is 4.40. The molecule has 20 heavy (non-hydrogen) atoms. The summed E-state index contributed by atoms with van der Waals surface area (Å²) in [7, 11) is 0. The van der Waals surface area contributed by atoms with Crippen LogP contribution in [0.15, 0.2) is 30.3 Å². The minimum Gasteiger partial charge on any atom is -0.484 e. The molecular formula is C15H17FN2O2. The number of carbonyl (C=O) groups excluding carboxylic acids is 1. The van der Waals surface area contributed by atoms with E-state index in [0.717, 1.165) is 17.0 Å². The first-order chi connectivity index (χ1) is 9.54. The van der Waals surface area contributed by atoms with E-state index in [1.54, 1.807) is 6.07 Å². The molecule has 5 heteroatoms. The highest BCUT2D eigenvalue weighted by atomic mass is 19.1. The predicted molar refractivity (Wildman–Crippen MR) is 74.0 cm³/mol. The highest BCUT2D eigenvalue weighted by molar-refractivity contribution is 5.77. The van der Waals surface area contributed by atoms with Gasteiger partial charge in [-0.1, -0.05) is 6.07 Å². The summed E-state index contributed by atoms with van der Waals surface area (Å²) in [5.41, 5.74) is 3.14. The monoisotopic (exact) mass is 276 g/mol. The van der Waals surface area contributed by atoms with Crippen LogP contribution in [0.5, 0.6) is 5.75 Å². The van der Waals surface area contributed by atoms with Gasteiger partial charge in [-0.2, -0.15) is 0 Å². The lowest BCUT2D eigenvalue weighted by Crippen LogP contribution is -2.28. The first-order valence-corrected chi connectivity index (χ1v) is 6.35. The molecule has 0 saturated carbocycles. The number of carbonyl (C=O) groups is 1. The van der Waals surface area contributed by atoms with Gasteiger partial charge >= 0.3 is 0 Å². The molecule has 0 aliphatic rings. The van der Waals surface area contributed by atoms with E-state index in [9.17, 15) is 9.18 Å². The van der Waals surface area contributed by atoms with Crippen LogP contribution in [0.3, 0.4) is 0 Å². The van der Waals surface area contributed by atoms with Gasteiger partial charge in [-0.15, -0.1) is 0 Å². The molecule has 0 bridgehead atoms. The number of nitrogens with one attached hydrogen (secondary N) is 2. The predicted octanol–water partition coefficient (Wildman–Crippen LogP) is 2.47. The number of benzene rings is 1. The van der Waals surface area contributed by atoms with Gasteiger partial charge in [0.2, 0.25) is 0 Å². The molecule has 2 aromatic rings. The Morgan fingerprint density at radius 1 is 1.35 bits per heavy atom. The average molecular weight is 276 g/mol. The Bertz CT molecular complexity index is 608. The largest absolute Gasteiger partial charge is 0.484 e. The van der Waals surface area contributed by atoms with E-state index in [1.807, 2.05) is 19.9 Å². The second-order valence-electron chi connectivity index (χ2n) is 4.63. The number of H-pyrrole nitrogens is 1. The number of aromatic amines is 1. The van der Waals surface area contributed by atoms with Crippen molar-refractivity contribution in [3.63, 3.8) is 0 Å². The molecule has 2 N–H and O–H groups in total. The fourth-order valence-electron chi connectivity index (χ4n) is 1.92. The number of ether oxygens (including phenoxy) is 1. The highest BCUT2D eigenvalue weighted by Gasteiger charge is 2.06. The van der Waals surface area contributed by atoms with E-state index in [-0.39, 0.29) is 18.3 Å². The van der Waals surface area contributed by atoms with E-state index in [0.29, 0.717) is 12.3 Å². The van der Waals surface area contributed by atoms with Gasteiger partial charge in [0.1, 0.15) is 11.6 Å². The molecule has 0 atom stereocenters. The number of rotatable bonds is 5. The number of aryl methyl sites for hydroxylation is 2. The summed E-state index contributed by atoms with van der Waals surface area (Å²) >= 11 is 0. The Morgan fingerprint density at radius 2 is 2.15 bits per heavy atom. The van der Waals surface area contributed by atoms with Crippen LogP contribution in [0.25, 0.3) is 0 Å². The lowest BCUT2D eigenvalue weighted by atomic mass is 10.2. The quantitative estimate of drug-likeness (QED) is 0.881. The van der Waals surface area contributed by atoms with Crippen LogP contribution in [-0.4, -0.2) is 17.5 Å². The lowest BCUT2D eigenvalue weighted by Gasteiger charge is -2.07. The minimum atomic E-state index is -0.388.